The van der Waals surface area contributed by atoms with Gasteiger partial charge in [0, 0.05) is 48.8 Å². The summed E-state index contributed by atoms with van der Waals surface area (Å²) in [4.78, 5) is 21.9. The van der Waals surface area contributed by atoms with Crippen LogP contribution in [0.25, 0.3) is 0 Å². The minimum absolute atomic E-state index is 0.175. The van der Waals surface area contributed by atoms with Crippen molar-refractivity contribution in [1.82, 2.24) is 14.8 Å². The number of amides is 1. The number of nitrogen functional groups attached to an aromatic ring is 1. The molecule has 2 heterocycles. The first kappa shape index (κ1) is 16.2. The first-order chi connectivity index (χ1) is 11.1. The minimum atomic E-state index is 0.175. The molecule has 1 saturated heterocycles. The monoisotopic (exact) mass is 350 g/mol. The van der Waals surface area contributed by atoms with Gasteiger partial charge in [0.25, 0.3) is 0 Å². The zero-order valence-electron chi connectivity index (χ0n) is 12.7. The lowest BCUT2D eigenvalue weighted by Gasteiger charge is -2.34. The molecule has 5 nitrogen and oxygen atoms in total. The summed E-state index contributed by atoms with van der Waals surface area (Å²) in [6.45, 7) is 4.14. The summed E-state index contributed by atoms with van der Waals surface area (Å²) in [6, 6.07) is 7.46. The van der Waals surface area contributed by atoms with Crippen LogP contribution in [0.5, 0.6) is 0 Å². The summed E-state index contributed by atoms with van der Waals surface area (Å²) in [5.74, 6) is 0.175. The van der Waals surface area contributed by atoms with E-state index < -0.39 is 0 Å². The topological polar surface area (TPSA) is 62.5 Å². The van der Waals surface area contributed by atoms with Crippen LogP contribution in [0.4, 0.5) is 5.13 Å². The Hall–Kier alpha value is -1.63. The summed E-state index contributed by atoms with van der Waals surface area (Å²) in [6.07, 6.45) is 2.26. The molecule has 1 fully saturated rings. The van der Waals surface area contributed by atoms with Crippen molar-refractivity contribution in [2.24, 2.45) is 0 Å². The second-order valence-electron chi connectivity index (χ2n) is 5.62. The van der Waals surface area contributed by atoms with E-state index in [0.29, 0.717) is 16.6 Å². The van der Waals surface area contributed by atoms with Gasteiger partial charge in [0.1, 0.15) is 0 Å². The van der Waals surface area contributed by atoms with Crippen molar-refractivity contribution in [2.45, 2.75) is 13.0 Å². The van der Waals surface area contributed by atoms with Crippen molar-refractivity contribution in [3.8, 4) is 0 Å². The maximum absolute atomic E-state index is 12.4. The standard InChI is InChI=1S/C16H19ClN4OS/c17-13-3-1-12(2-4-13)9-15(22)21-7-5-20(6-8-21)11-14-10-19-16(18)23-14/h1-4,10H,5-9,11H2,(H2,18,19). The average Bonchev–Trinajstić information content (AvgIpc) is 2.95. The number of piperazine rings is 1. The highest BCUT2D eigenvalue weighted by Gasteiger charge is 2.21. The molecule has 0 atom stereocenters. The molecular weight excluding hydrogens is 332 g/mol. The SMILES string of the molecule is Nc1ncc(CN2CCN(C(=O)Cc3ccc(Cl)cc3)CC2)s1. The number of nitrogens with zero attached hydrogens (tertiary/aromatic N) is 3. The Kier molecular flexibility index (Phi) is 5.15. The van der Waals surface area contributed by atoms with Gasteiger partial charge in [-0.3, -0.25) is 9.69 Å². The van der Waals surface area contributed by atoms with Crippen LogP contribution in [-0.2, 0) is 17.8 Å². The van der Waals surface area contributed by atoms with Gasteiger partial charge in [-0.25, -0.2) is 4.98 Å². The average molecular weight is 351 g/mol. The Bertz CT molecular complexity index is 665. The minimum Gasteiger partial charge on any atom is -0.375 e. The van der Waals surface area contributed by atoms with Crippen LogP contribution in [0, 0.1) is 0 Å². The molecular formula is C16H19ClN4OS. The maximum Gasteiger partial charge on any atom is 0.227 e. The molecule has 0 bridgehead atoms. The van der Waals surface area contributed by atoms with Crippen LogP contribution < -0.4 is 5.73 Å². The second kappa shape index (κ2) is 7.29. The molecule has 0 aliphatic carbocycles. The van der Waals surface area contributed by atoms with Crippen LogP contribution >= 0.6 is 22.9 Å². The number of nitrogens with two attached hydrogens (primary N) is 1. The normalized spacial score (nSPS) is 15.8. The van der Waals surface area contributed by atoms with Crippen molar-refractivity contribution in [2.75, 3.05) is 31.9 Å². The molecule has 2 aromatic rings. The lowest BCUT2D eigenvalue weighted by molar-refractivity contribution is -0.132. The van der Waals surface area contributed by atoms with Crippen molar-refractivity contribution >= 4 is 34.0 Å². The van der Waals surface area contributed by atoms with Crippen LogP contribution in [0.1, 0.15) is 10.4 Å². The quantitative estimate of drug-likeness (QED) is 0.918. The molecule has 1 aliphatic heterocycles. The number of hydrogen-bond donors (Lipinski definition) is 1. The molecule has 1 aliphatic rings. The lowest BCUT2D eigenvalue weighted by Crippen LogP contribution is -2.48. The molecule has 1 aromatic heterocycles. The predicted octanol–water partition coefficient (Wildman–Crippen LogP) is 2.27. The van der Waals surface area contributed by atoms with E-state index in [1.54, 1.807) is 0 Å². The fraction of sp³-hybridized carbons (Fsp3) is 0.375. The highest BCUT2D eigenvalue weighted by Crippen LogP contribution is 2.18. The van der Waals surface area contributed by atoms with E-state index in [1.165, 1.54) is 16.2 Å². The van der Waals surface area contributed by atoms with E-state index in [-0.39, 0.29) is 5.91 Å². The largest absolute Gasteiger partial charge is 0.375 e. The van der Waals surface area contributed by atoms with E-state index in [9.17, 15) is 4.79 Å². The van der Waals surface area contributed by atoms with Gasteiger partial charge < -0.3 is 10.6 Å². The number of carbonyl (C=O) groups is 1. The Morgan fingerprint density at radius 1 is 1.22 bits per heavy atom. The first-order valence-corrected chi connectivity index (χ1v) is 8.74. The van der Waals surface area contributed by atoms with Gasteiger partial charge >= 0.3 is 0 Å². The van der Waals surface area contributed by atoms with Crippen LogP contribution in [0.2, 0.25) is 5.02 Å². The highest BCUT2D eigenvalue weighted by atomic mass is 35.5. The highest BCUT2D eigenvalue weighted by molar-refractivity contribution is 7.15. The molecule has 2 N–H and O–H groups in total. The zero-order chi connectivity index (χ0) is 16.2. The van der Waals surface area contributed by atoms with E-state index in [2.05, 4.69) is 9.88 Å². The van der Waals surface area contributed by atoms with Gasteiger partial charge in [-0.05, 0) is 17.7 Å². The Morgan fingerprint density at radius 3 is 2.52 bits per heavy atom. The number of halogens is 1. The van der Waals surface area contributed by atoms with E-state index in [1.807, 2.05) is 35.4 Å². The van der Waals surface area contributed by atoms with Crippen molar-refractivity contribution < 1.29 is 4.79 Å². The van der Waals surface area contributed by atoms with Gasteiger partial charge in [0.2, 0.25) is 5.91 Å². The van der Waals surface area contributed by atoms with E-state index >= 15 is 0 Å². The third-order valence-corrected chi connectivity index (χ3v) is 5.01. The molecule has 0 spiro atoms. The fourth-order valence-electron chi connectivity index (χ4n) is 2.66. The summed E-state index contributed by atoms with van der Waals surface area (Å²) in [7, 11) is 0. The molecule has 3 rings (SSSR count). The van der Waals surface area contributed by atoms with E-state index in [4.69, 9.17) is 17.3 Å². The number of hydrogen-bond acceptors (Lipinski definition) is 5. The molecule has 0 saturated carbocycles. The Labute approximate surface area is 144 Å². The third kappa shape index (κ3) is 4.43. The third-order valence-electron chi connectivity index (χ3n) is 3.94. The number of benzene rings is 1. The van der Waals surface area contributed by atoms with Gasteiger partial charge in [-0.2, -0.15) is 0 Å². The molecule has 7 heteroatoms. The molecule has 122 valence electrons. The van der Waals surface area contributed by atoms with Gasteiger partial charge in [0.15, 0.2) is 5.13 Å². The van der Waals surface area contributed by atoms with Gasteiger partial charge in [0.05, 0.1) is 6.42 Å². The van der Waals surface area contributed by atoms with Gasteiger partial charge in [-0.1, -0.05) is 23.7 Å². The number of rotatable bonds is 4. The first-order valence-electron chi connectivity index (χ1n) is 7.55. The maximum atomic E-state index is 12.4. The van der Waals surface area contributed by atoms with Gasteiger partial charge in [-0.15, -0.1) is 11.3 Å². The van der Waals surface area contributed by atoms with Crippen LogP contribution in [-0.4, -0.2) is 46.9 Å². The molecule has 0 radical (unpaired) electrons. The zero-order valence-corrected chi connectivity index (χ0v) is 14.3. The lowest BCUT2D eigenvalue weighted by atomic mass is 10.1. The van der Waals surface area contributed by atoms with Crippen LogP contribution in [0.3, 0.4) is 0 Å². The predicted molar refractivity (Wildman–Crippen MR) is 93.5 cm³/mol. The summed E-state index contributed by atoms with van der Waals surface area (Å²) >= 11 is 7.39. The van der Waals surface area contributed by atoms with Crippen molar-refractivity contribution in [1.29, 1.82) is 0 Å². The molecule has 0 unspecified atom stereocenters. The Balaban J connectivity index is 1.48. The molecule has 1 amide bonds. The summed E-state index contributed by atoms with van der Waals surface area (Å²) in [5, 5.41) is 1.30. The summed E-state index contributed by atoms with van der Waals surface area (Å²) < 4.78 is 0. The smallest absolute Gasteiger partial charge is 0.227 e. The number of aromatic nitrogens is 1. The summed E-state index contributed by atoms with van der Waals surface area (Å²) in [5.41, 5.74) is 6.66. The fourth-order valence-corrected chi connectivity index (χ4v) is 3.51. The molecule has 1 aromatic carbocycles. The van der Waals surface area contributed by atoms with Crippen molar-refractivity contribution in [3.63, 3.8) is 0 Å². The Morgan fingerprint density at radius 2 is 1.91 bits per heavy atom. The molecule has 23 heavy (non-hydrogen) atoms. The van der Waals surface area contributed by atoms with Crippen LogP contribution in [0.15, 0.2) is 30.5 Å². The number of carbonyl (C=O) groups excluding carboxylic acids is 1. The number of anilines is 1. The van der Waals surface area contributed by atoms with E-state index in [0.717, 1.165) is 38.3 Å². The second-order valence-corrected chi connectivity index (χ2v) is 7.21. The van der Waals surface area contributed by atoms with Crippen molar-refractivity contribution in [3.05, 3.63) is 45.9 Å². The number of thiazole rings is 1.